The average molecular weight is 218 g/mol. The zero-order valence-electron chi connectivity index (χ0n) is 11.1. The molecule has 0 spiro atoms. The monoisotopic (exact) mass is 218 g/mol. The van der Waals surface area contributed by atoms with Gasteiger partial charge in [-0.15, -0.1) is 0 Å². The van der Waals surface area contributed by atoms with E-state index in [1.54, 1.807) is 5.57 Å². The summed E-state index contributed by atoms with van der Waals surface area (Å²) in [5.41, 5.74) is 2.94. The Morgan fingerprint density at radius 3 is 2.62 bits per heavy atom. The minimum Gasteiger partial charge on any atom is -0.0955 e. The molecule has 0 nitrogen and oxygen atoms in total. The lowest BCUT2D eigenvalue weighted by Gasteiger charge is -2.08. The molecule has 2 atom stereocenters. The molecule has 2 aliphatic carbocycles. The highest BCUT2D eigenvalue weighted by Gasteiger charge is 2.36. The summed E-state index contributed by atoms with van der Waals surface area (Å²) in [6, 6.07) is 0. The van der Waals surface area contributed by atoms with E-state index in [0.29, 0.717) is 0 Å². The van der Waals surface area contributed by atoms with Crippen LogP contribution in [0.1, 0.15) is 52.9 Å². The van der Waals surface area contributed by atoms with Gasteiger partial charge in [0, 0.05) is 0 Å². The fourth-order valence-electron chi connectivity index (χ4n) is 2.83. The lowest BCUT2D eigenvalue weighted by atomic mass is 9.96. The van der Waals surface area contributed by atoms with Crippen LogP contribution in [0.5, 0.6) is 0 Å². The number of fused-ring (bicyclic) bond motifs is 1. The van der Waals surface area contributed by atoms with Crippen LogP contribution in [0.2, 0.25) is 0 Å². The van der Waals surface area contributed by atoms with Gasteiger partial charge in [-0.25, -0.2) is 0 Å². The van der Waals surface area contributed by atoms with E-state index in [0.717, 1.165) is 11.8 Å². The van der Waals surface area contributed by atoms with E-state index in [2.05, 4.69) is 45.6 Å². The molecule has 0 aliphatic heterocycles. The molecule has 0 aromatic rings. The summed E-state index contributed by atoms with van der Waals surface area (Å²) in [5, 5.41) is 0. The fraction of sp³-hybridized carbons (Fsp3) is 0.625. The Kier molecular flexibility index (Phi) is 5.59. The SMILES string of the molecule is C=C1CC2CCCC2/C1=C/C=C\C.CCC. The Hall–Kier alpha value is -0.780. The molecule has 0 heteroatoms. The third-order valence-electron chi connectivity index (χ3n) is 3.44. The van der Waals surface area contributed by atoms with Gasteiger partial charge in [0.1, 0.15) is 0 Å². The van der Waals surface area contributed by atoms with Gasteiger partial charge in [0.05, 0.1) is 0 Å². The van der Waals surface area contributed by atoms with Gasteiger partial charge in [-0.2, -0.15) is 0 Å². The predicted octanol–water partition coefficient (Wildman–Crippen LogP) is 5.28. The van der Waals surface area contributed by atoms with E-state index in [4.69, 9.17) is 0 Å². The molecular formula is C16H26. The van der Waals surface area contributed by atoms with Crippen LogP contribution in [-0.2, 0) is 0 Å². The Balaban J connectivity index is 0.000000386. The van der Waals surface area contributed by atoms with Crippen LogP contribution in [0, 0.1) is 11.8 Å². The highest BCUT2D eigenvalue weighted by molar-refractivity contribution is 5.39. The summed E-state index contributed by atoms with van der Waals surface area (Å²) in [7, 11) is 0. The molecule has 2 unspecified atom stereocenters. The van der Waals surface area contributed by atoms with Crippen molar-refractivity contribution in [3.8, 4) is 0 Å². The fourth-order valence-corrected chi connectivity index (χ4v) is 2.83. The molecular weight excluding hydrogens is 192 g/mol. The van der Waals surface area contributed by atoms with E-state index in [9.17, 15) is 0 Å². The largest absolute Gasteiger partial charge is 0.0955 e. The van der Waals surface area contributed by atoms with Gasteiger partial charge in [0.2, 0.25) is 0 Å². The standard InChI is InChI=1S/C13H18.C3H8/c1-3-4-7-12-10(2)9-11-6-5-8-13(11)12;1-3-2/h3-4,7,11,13H,2,5-6,8-9H2,1H3;3H2,1-2H3/b4-3-,12-7+;. The molecule has 2 saturated carbocycles. The van der Waals surface area contributed by atoms with Gasteiger partial charge in [0.15, 0.2) is 0 Å². The molecule has 16 heavy (non-hydrogen) atoms. The topological polar surface area (TPSA) is 0 Å². The van der Waals surface area contributed by atoms with E-state index in [1.165, 1.54) is 37.7 Å². The number of hydrogen-bond donors (Lipinski definition) is 0. The van der Waals surface area contributed by atoms with Crippen molar-refractivity contribution in [1.29, 1.82) is 0 Å². The quantitative estimate of drug-likeness (QED) is 0.561. The maximum Gasteiger partial charge on any atom is -0.0128 e. The van der Waals surface area contributed by atoms with Crippen LogP contribution in [0.4, 0.5) is 0 Å². The van der Waals surface area contributed by atoms with Crippen molar-refractivity contribution in [3.05, 3.63) is 36.0 Å². The smallest absolute Gasteiger partial charge is 0.0128 e. The number of allylic oxidation sites excluding steroid dienone is 5. The Morgan fingerprint density at radius 2 is 2.00 bits per heavy atom. The minimum absolute atomic E-state index is 0.851. The van der Waals surface area contributed by atoms with Crippen molar-refractivity contribution >= 4 is 0 Å². The molecule has 90 valence electrons. The molecule has 2 aliphatic rings. The van der Waals surface area contributed by atoms with Crippen LogP contribution in [0.25, 0.3) is 0 Å². The second-order valence-electron chi connectivity index (χ2n) is 4.96. The summed E-state index contributed by atoms with van der Waals surface area (Å²) < 4.78 is 0. The minimum atomic E-state index is 0.851. The van der Waals surface area contributed by atoms with Crippen molar-refractivity contribution < 1.29 is 0 Å². The van der Waals surface area contributed by atoms with Crippen molar-refractivity contribution in [3.63, 3.8) is 0 Å². The van der Waals surface area contributed by atoms with Gasteiger partial charge in [-0.05, 0) is 43.6 Å². The molecule has 0 aromatic heterocycles. The van der Waals surface area contributed by atoms with Gasteiger partial charge >= 0.3 is 0 Å². The van der Waals surface area contributed by atoms with Crippen LogP contribution in [0.15, 0.2) is 36.0 Å². The Bertz CT molecular complexity index is 280. The molecule has 2 fully saturated rings. The zero-order chi connectivity index (χ0) is 12.0. The molecule has 0 amide bonds. The van der Waals surface area contributed by atoms with Crippen LogP contribution >= 0.6 is 0 Å². The summed E-state index contributed by atoms with van der Waals surface area (Å²) in [5.74, 6) is 1.78. The van der Waals surface area contributed by atoms with E-state index < -0.39 is 0 Å². The molecule has 0 radical (unpaired) electrons. The van der Waals surface area contributed by atoms with Gasteiger partial charge in [-0.1, -0.05) is 57.1 Å². The van der Waals surface area contributed by atoms with Crippen molar-refractivity contribution in [1.82, 2.24) is 0 Å². The second-order valence-corrected chi connectivity index (χ2v) is 4.96. The van der Waals surface area contributed by atoms with E-state index in [-0.39, 0.29) is 0 Å². The normalized spacial score (nSPS) is 30.7. The van der Waals surface area contributed by atoms with Crippen LogP contribution in [-0.4, -0.2) is 0 Å². The maximum absolute atomic E-state index is 4.17. The molecule has 0 N–H and O–H groups in total. The second kappa shape index (κ2) is 6.73. The summed E-state index contributed by atoms with van der Waals surface area (Å²) in [4.78, 5) is 0. The third-order valence-corrected chi connectivity index (χ3v) is 3.44. The van der Waals surface area contributed by atoms with Crippen molar-refractivity contribution in [2.24, 2.45) is 11.8 Å². The Labute approximate surface area is 101 Å². The molecule has 0 aromatic carbocycles. The highest BCUT2D eigenvalue weighted by Crippen LogP contribution is 2.49. The Morgan fingerprint density at radius 1 is 1.31 bits per heavy atom. The first-order valence-electron chi connectivity index (χ1n) is 6.75. The van der Waals surface area contributed by atoms with Gasteiger partial charge < -0.3 is 0 Å². The average Bonchev–Trinajstić information content (AvgIpc) is 2.77. The third kappa shape index (κ3) is 3.10. The summed E-state index contributed by atoms with van der Waals surface area (Å²) in [6.45, 7) is 10.5. The first kappa shape index (κ1) is 13.3. The van der Waals surface area contributed by atoms with E-state index >= 15 is 0 Å². The lowest BCUT2D eigenvalue weighted by molar-refractivity contribution is 0.497. The zero-order valence-corrected chi connectivity index (χ0v) is 11.1. The summed E-state index contributed by atoms with van der Waals surface area (Å²) >= 11 is 0. The van der Waals surface area contributed by atoms with Crippen LogP contribution in [0.3, 0.4) is 0 Å². The maximum atomic E-state index is 4.17. The van der Waals surface area contributed by atoms with E-state index in [1.807, 2.05) is 0 Å². The van der Waals surface area contributed by atoms with Crippen LogP contribution < -0.4 is 0 Å². The predicted molar refractivity (Wildman–Crippen MR) is 73.5 cm³/mol. The first-order valence-corrected chi connectivity index (χ1v) is 6.75. The lowest BCUT2D eigenvalue weighted by Crippen LogP contribution is -1.99. The molecule has 0 heterocycles. The number of rotatable bonds is 1. The molecule has 0 bridgehead atoms. The first-order chi connectivity index (χ1) is 7.74. The highest BCUT2D eigenvalue weighted by atomic mass is 14.4. The number of hydrogen-bond acceptors (Lipinski definition) is 0. The van der Waals surface area contributed by atoms with Crippen molar-refractivity contribution in [2.45, 2.75) is 52.9 Å². The summed E-state index contributed by atoms with van der Waals surface area (Å²) in [6.07, 6.45) is 13.3. The molecule has 0 saturated heterocycles. The van der Waals surface area contributed by atoms with Gasteiger partial charge in [0.25, 0.3) is 0 Å². The van der Waals surface area contributed by atoms with Gasteiger partial charge in [-0.3, -0.25) is 0 Å². The van der Waals surface area contributed by atoms with Crippen molar-refractivity contribution in [2.75, 3.05) is 0 Å². The molecule has 2 rings (SSSR count).